The summed E-state index contributed by atoms with van der Waals surface area (Å²) in [4.78, 5) is 21.1. The number of hydrogen-bond acceptors (Lipinski definition) is 4. The molecule has 1 atom stereocenters. The summed E-state index contributed by atoms with van der Waals surface area (Å²) in [5, 5.41) is 21.3. The number of nitrogens with one attached hydrogen (secondary N) is 2. The molecule has 7 nitrogen and oxygen atoms in total. The van der Waals surface area contributed by atoms with Gasteiger partial charge in [-0.1, -0.05) is 35.9 Å². The number of carbonyl (C=O) groups is 1. The minimum atomic E-state index is -1.53. The fourth-order valence-electron chi connectivity index (χ4n) is 4.53. The highest BCUT2D eigenvalue weighted by Crippen LogP contribution is 2.38. The molecule has 0 radical (unpaired) electrons. The van der Waals surface area contributed by atoms with Crippen LogP contribution in [-0.4, -0.2) is 31.1 Å². The van der Waals surface area contributed by atoms with Crippen molar-refractivity contribution in [2.75, 3.05) is 0 Å². The minimum absolute atomic E-state index is 0.0347. The standard InChI is InChI=1S/C29H24ClF2N3O4/c1-15-26-20(30)13-33-23(26)12-22(32)27(15)39-18-7-8-21(31)19(11-18)28-34-14-24(35-28)29(2,38)17-5-3-4-16(10-17)6-9-25(36)37/h3-5,7-8,10-14,33,38H,6,9H2,1-2H3,(H,34,35)(H,36,37). The van der Waals surface area contributed by atoms with Crippen molar-refractivity contribution in [2.45, 2.75) is 32.3 Å². The monoisotopic (exact) mass is 551 g/mol. The number of benzene rings is 3. The first-order valence-electron chi connectivity index (χ1n) is 12.1. The van der Waals surface area contributed by atoms with Crippen LogP contribution in [0.4, 0.5) is 8.78 Å². The van der Waals surface area contributed by atoms with Crippen molar-refractivity contribution in [1.82, 2.24) is 15.0 Å². The van der Waals surface area contributed by atoms with E-state index in [0.717, 1.165) is 5.56 Å². The third kappa shape index (κ3) is 5.10. The molecule has 0 saturated carbocycles. The fraction of sp³-hybridized carbons (Fsp3) is 0.172. The summed E-state index contributed by atoms with van der Waals surface area (Å²) in [6, 6.07) is 12.2. The van der Waals surface area contributed by atoms with Gasteiger partial charge in [0.15, 0.2) is 11.6 Å². The summed E-state index contributed by atoms with van der Waals surface area (Å²) in [6.45, 7) is 3.24. The number of imidazole rings is 1. The number of hydrogen-bond donors (Lipinski definition) is 4. The van der Waals surface area contributed by atoms with E-state index in [2.05, 4.69) is 15.0 Å². The van der Waals surface area contributed by atoms with Crippen LogP contribution in [0.3, 0.4) is 0 Å². The average molecular weight is 552 g/mol. The van der Waals surface area contributed by atoms with Crippen LogP contribution in [0.2, 0.25) is 5.02 Å². The number of aliphatic carboxylic acids is 1. The van der Waals surface area contributed by atoms with Crippen molar-refractivity contribution >= 4 is 28.5 Å². The molecule has 0 aliphatic carbocycles. The van der Waals surface area contributed by atoms with Gasteiger partial charge in [-0.15, -0.1) is 0 Å². The normalized spacial score (nSPS) is 13.0. The molecule has 0 aliphatic heterocycles. The molecular formula is C29H24ClF2N3O4. The van der Waals surface area contributed by atoms with Gasteiger partial charge in [0.05, 0.1) is 28.0 Å². The van der Waals surface area contributed by atoms with Gasteiger partial charge >= 0.3 is 5.97 Å². The lowest BCUT2D eigenvalue weighted by Gasteiger charge is -2.23. The maximum absolute atomic E-state index is 14.9. The van der Waals surface area contributed by atoms with E-state index in [1.54, 1.807) is 44.3 Å². The average Bonchev–Trinajstić information content (AvgIpc) is 3.54. The number of aryl methyl sites for hydroxylation is 2. The van der Waals surface area contributed by atoms with Gasteiger partial charge in [0.25, 0.3) is 0 Å². The first-order valence-corrected chi connectivity index (χ1v) is 12.4. The third-order valence-corrected chi connectivity index (χ3v) is 6.99. The Morgan fingerprint density at radius 2 is 1.95 bits per heavy atom. The SMILES string of the molecule is Cc1c(Oc2ccc(F)c(-c3ncc(C(C)(O)c4cccc(CCC(=O)O)c4)[nH]3)c2)c(F)cc2[nH]cc(Cl)c12. The highest BCUT2D eigenvalue weighted by Gasteiger charge is 2.29. The molecule has 0 saturated heterocycles. The van der Waals surface area contributed by atoms with Gasteiger partial charge in [-0.3, -0.25) is 4.79 Å². The Bertz CT molecular complexity index is 1710. The number of aliphatic hydroxyl groups is 1. The lowest BCUT2D eigenvalue weighted by Crippen LogP contribution is -2.23. The second-order valence-corrected chi connectivity index (χ2v) is 9.83. The molecule has 39 heavy (non-hydrogen) atoms. The van der Waals surface area contributed by atoms with Crippen LogP contribution in [0.1, 0.15) is 35.7 Å². The Hall–Kier alpha value is -4.21. The van der Waals surface area contributed by atoms with E-state index in [4.69, 9.17) is 21.4 Å². The molecule has 0 amide bonds. The summed E-state index contributed by atoms with van der Waals surface area (Å²) in [5.41, 5.74) is 1.13. The highest BCUT2D eigenvalue weighted by molar-refractivity contribution is 6.35. The van der Waals surface area contributed by atoms with Crippen molar-refractivity contribution in [3.63, 3.8) is 0 Å². The zero-order chi connectivity index (χ0) is 27.9. The molecule has 3 aromatic carbocycles. The third-order valence-electron chi connectivity index (χ3n) is 6.70. The van der Waals surface area contributed by atoms with Gasteiger partial charge in [-0.25, -0.2) is 13.8 Å². The molecule has 5 aromatic rings. The summed E-state index contributed by atoms with van der Waals surface area (Å²) < 4.78 is 35.6. The largest absolute Gasteiger partial charge is 0.481 e. The van der Waals surface area contributed by atoms with Crippen molar-refractivity contribution in [3.8, 4) is 22.9 Å². The maximum atomic E-state index is 14.9. The number of aromatic nitrogens is 3. The van der Waals surface area contributed by atoms with Gasteiger partial charge in [0.1, 0.15) is 23.0 Å². The number of carboxylic acids is 1. The van der Waals surface area contributed by atoms with Crippen LogP contribution in [0.25, 0.3) is 22.3 Å². The lowest BCUT2D eigenvalue weighted by molar-refractivity contribution is -0.136. The second-order valence-electron chi connectivity index (χ2n) is 9.43. The summed E-state index contributed by atoms with van der Waals surface area (Å²) in [5.74, 6) is -1.84. The zero-order valence-electron chi connectivity index (χ0n) is 21.0. The molecule has 1 unspecified atom stereocenters. The van der Waals surface area contributed by atoms with Crippen molar-refractivity contribution in [2.24, 2.45) is 0 Å². The van der Waals surface area contributed by atoms with Crippen LogP contribution in [0.5, 0.6) is 11.5 Å². The molecule has 10 heteroatoms. The molecule has 200 valence electrons. The first kappa shape index (κ1) is 26.4. The molecule has 0 spiro atoms. The van der Waals surface area contributed by atoms with Crippen LogP contribution in [0.15, 0.2) is 60.9 Å². The molecule has 4 N–H and O–H groups in total. The number of carboxylic acid groups (broad SMARTS) is 1. The predicted octanol–water partition coefficient (Wildman–Crippen LogP) is 6.86. The summed E-state index contributed by atoms with van der Waals surface area (Å²) in [7, 11) is 0. The van der Waals surface area contributed by atoms with Crippen molar-refractivity contribution < 1.29 is 28.5 Å². The van der Waals surface area contributed by atoms with Gasteiger partial charge < -0.3 is 24.9 Å². The van der Waals surface area contributed by atoms with Gasteiger partial charge in [0, 0.05) is 29.6 Å². The van der Waals surface area contributed by atoms with Gasteiger partial charge in [-0.05, 0) is 49.6 Å². The number of rotatable bonds is 8. The van der Waals surface area contributed by atoms with Gasteiger partial charge in [0.2, 0.25) is 0 Å². The molecule has 2 aromatic heterocycles. The number of fused-ring (bicyclic) bond motifs is 1. The fourth-order valence-corrected chi connectivity index (χ4v) is 4.83. The quantitative estimate of drug-likeness (QED) is 0.168. The molecule has 0 aliphatic rings. The molecular weight excluding hydrogens is 528 g/mol. The number of nitrogens with zero attached hydrogens (tertiary/aromatic N) is 1. The van der Waals surface area contributed by atoms with E-state index in [1.165, 1.54) is 30.5 Å². The van der Waals surface area contributed by atoms with E-state index in [0.29, 0.717) is 39.2 Å². The Morgan fingerprint density at radius 3 is 2.72 bits per heavy atom. The Morgan fingerprint density at radius 1 is 1.15 bits per heavy atom. The van der Waals surface area contributed by atoms with Crippen molar-refractivity contribution in [3.05, 3.63) is 100.0 Å². The minimum Gasteiger partial charge on any atom is -0.481 e. The number of aromatic amines is 2. The van der Waals surface area contributed by atoms with Crippen LogP contribution >= 0.6 is 11.6 Å². The number of H-pyrrole nitrogens is 2. The zero-order valence-corrected chi connectivity index (χ0v) is 21.7. The lowest BCUT2D eigenvalue weighted by atomic mass is 9.91. The van der Waals surface area contributed by atoms with E-state index < -0.39 is 23.2 Å². The summed E-state index contributed by atoms with van der Waals surface area (Å²) >= 11 is 6.24. The van der Waals surface area contributed by atoms with Crippen LogP contribution < -0.4 is 4.74 Å². The van der Waals surface area contributed by atoms with E-state index in [1.807, 2.05) is 0 Å². The molecule has 5 rings (SSSR count). The first-order chi connectivity index (χ1) is 18.5. The number of halogens is 3. The molecule has 0 fully saturated rings. The molecule has 2 heterocycles. The topological polar surface area (TPSA) is 111 Å². The molecule has 0 bridgehead atoms. The Kier molecular flexibility index (Phi) is 6.88. The smallest absolute Gasteiger partial charge is 0.303 e. The Labute approximate surface area is 227 Å². The second kappa shape index (κ2) is 10.2. The van der Waals surface area contributed by atoms with E-state index in [-0.39, 0.29) is 29.3 Å². The highest BCUT2D eigenvalue weighted by atomic mass is 35.5. The van der Waals surface area contributed by atoms with Crippen LogP contribution in [0, 0.1) is 18.6 Å². The summed E-state index contributed by atoms with van der Waals surface area (Å²) in [6.07, 6.45) is 3.24. The number of ether oxygens (including phenoxy) is 1. The van der Waals surface area contributed by atoms with Crippen molar-refractivity contribution in [1.29, 1.82) is 0 Å². The van der Waals surface area contributed by atoms with Crippen LogP contribution in [-0.2, 0) is 16.8 Å². The van der Waals surface area contributed by atoms with Gasteiger partial charge in [-0.2, -0.15) is 0 Å². The van der Waals surface area contributed by atoms with E-state index in [9.17, 15) is 18.7 Å². The van der Waals surface area contributed by atoms with E-state index >= 15 is 0 Å². The predicted molar refractivity (Wildman–Crippen MR) is 143 cm³/mol. The maximum Gasteiger partial charge on any atom is 0.303 e. The Balaban J connectivity index is 1.45.